The van der Waals surface area contributed by atoms with Crippen LogP contribution in [0.5, 0.6) is 0 Å². The van der Waals surface area contributed by atoms with Crippen LogP contribution in [0.25, 0.3) is 72.6 Å². The first-order valence-corrected chi connectivity index (χ1v) is 16.6. The summed E-state index contributed by atoms with van der Waals surface area (Å²) in [5, 5.41) is 2.29. The van der Waals surface area contributed by atoms with E-state index < -0.39 is 0 Å². The van der Waals surface area contributed by atoms with E-state index in [4.69, 9.17) is 18.8 Å². The summed E-state index contributed by atoms with van der Waals surface area (Å²) in [6.45, 7) is 0. The Balaban J connectivity index is 1.04. The molecule has 0 bridgehead atoms. The van der Waals surface area contributed by atoms with Gasteiger partial charge in [0.15, 0.2) is 11.2 Å². The Kier molecular flexibility index (Phi) is 6.39. The second-order valence-corrected chi connectivity index (χ2v) is 12.3. The van der Waals surface area contributed by atoms with Gasteiger partial charge in [-0.3, -0.25) is 4.57 Å². The van der Waals surface area contributed by atoms with Gasteiger partial charge in [0, 0.05) is 39.5 Å². The number of benzene rings is 7. The van der Waals surface area contributed by atoms with Crippen LogP contribution in [-0.2, 0) is 0 Å². The number of hydrogen-bond donors (Lipinski definition) is 0. The molecule has 0 saturated heterocycles. The molecule has 0 aliphatic rings. The van der Waals surface area contributed by atoms with Crippen molar-refractivity contribution < 1.29 is 8.83 Å². The zero-order valence-corrected chi connectivity index (χ0v) is 26.8. The van der Waals surface area contributed by atoms with E-state index in [0.29, 0.717) is 23.1 Å². The lowest BCUT2D eigenvalue weighted by Crippen LogP contribution is -2.09. The lowest BCUT2D eigenvalue weighted by Gasteiger charge is -2.25. The number of para-hydroxylation sites is 3. The minimum absolute atomic E-state index is 0.514. The number of oxazole rings is 2. The van der Waals surface area contributed by atoms with Crippen molar-refractivity contribution in [2.45, 2.75) is 0 Å². The Bertz CT molecular complexity index is 2780. The third-order valence-corrected chi connectivity index (χ3v) is 9.25. The van der Waals surface area contributed by atoms with Crippen LogP contribution in [0.1, 0.15) is 0 Å². The smallest absolute Gasteiger partial charge is 0.307 e. The van der Waals surface area contributed by atoms with Gasteiger partial charge in [0.1, 0.15) is 11.0 Å². The minimum atomic E-state index is 0.514. The zero-order valence-electron chi connectivity index (χ0n) is 26.8. The Hall–Kier alpha value is -6.92. The molecule has 10 aromatic rings. The normalized spacial score (nSPS) is 11.6. The largest absolute Gasteiger partial charge is 0.436 e. The predicted octanol–water partition coefficient (Wildman–Crippen LogP) is 11.9. The lowest BCUT2D eigenvalue weighted by molar-refractivity contribution is 0.574. The van der Waals surface area contributed by atoms with E-state index in [2.05, 4.69) is 100 Å². The summed E-state index contributed by atoms with van der Waals surface area (Å²) in [5.41, 5.74) is 11.2. The average Bonchev–Trinajstić information content (AvgIpc) is 3.89. The molecule has 6 nitrogen and oxygen atoms in total. The summed E-state index contributed by atoms with van der Waals surface area (Å²) in [5.74, 6) is 0.522. The Morgan fingerprint density at radius 3 is 1.82 bits per heavy atom. The second kappa shape index (κ2) is 11.4. The maximum absolute atomic E-state index is 6.50. The summed E-state index contributed by atoms with van der Waals surface area (Å²) < 4.78 is 15.0. The van der Waals surface area contributed by atoms with Crippen LogP contribution in [0.15, 0.2) is 179 Å². The van der Waals surface area contributed by atoms with E-state index >= 15 is 0 Å². The Labute approximate surface area is 287 Å². The fraction of sp³-hybridized carbons (Fsp3) is 0. The molecule has 236 valence electrons. The van der Waals surface area contributed by atoms with Crippen LogP contribution in [0.3, 0.4) is 0 Å². The topological polar surface area (TPSA) is 60.2 Å². The van der Waals surface area contributed by atoms with Crippen molar-refractivity contribution in [1.82, 2.24) is 14.5 Å². The molecule has 6 heteroatoms. The lowest BCUT2D eigenvalue weighted by atomic mass is 10.0. The molecule has 0 spiro atoms. The molecular formula is C44H28N4O2. The van der Waals surface area contributed by atoms with Crippen LogP contribution in [0.4, 0.5) is 17.1 Å². The molecule has 0 fully saturated rings. The van der Waals surface area contributed by atoms with E-state index in [1.54, 1.807) is 0 Å². The van der Waals surface area contributed by atoms with Crippen LogP contribution in [-0.4, -0.2) is 14.5 Å². The number of anilines is 3. The number of hydrogen-bond acceptors (Lipinski definition) is 5. The molecule has 0 radical (unpaired) electrons. The first kappa shape index (κ1) is 28.1. The summed E-state index contributed by atoms with van der Waals surface area (Å²) in [4.78, 5) is 12.0. The first-order valence-electron chi connectivity index (χ1n) is 16.6. The van der Waals surface area contributed by atoms with E-state index in [1.165, 1.54) is 11.1 Å². The van der Waals surface area contributed by atoms with Crippen molar-refractivity contribution in [2.75, 3.05) is 4.90 Å². The molecule has 0 atom stereocenters. The molecule has 3 aromatic heterocycles. The number of rotatable bonds is 6. The highest BCUT2D eigenvalue weighted by Gasteiger charge is 2.19. The van der Waals surface area contributed by atoms with Gasteiger partial charge in [-0.05, 0) is 83.9 Å². The van der Waals surface area contributed by atoms with Crippen LogP contribution >= 0.6 is 0 Å². The van der Waals surface area contributed by atoms with Crippen molar-refractivity contribution >= 4 is 61.1 Å². The molecule has 0 saturated carbocycles. The summed E-state index contributed by atoms with van der Waals surface area (Å²) in [6, 6.07) is 58.6. The van der Waals surface area contributed by atoms with Crippen molar-refractivity contribution in [3.63, 3.8) is 0 Å². The highest BCUT2D eigenvalue weighted by atomic mass is 16.4. The van der Waals surface area contributed by atoms with Gasteiger partial charge in [-0.2, -0.15) is 4.98 Å². The fourth-order valence-corrected chi connectivity index (χ4v) is 6.91. The highest BCUT2D eigenvalue weighted by Crippen LogP contribution is 2.38. The van der Waals surface area contributed by atoms with Gasteiger partial charge in [-0.25, -0.2) is 4.98 Å². The van der Waals surface area contributed by atoms with Crippen molar-refractivity contribution in [1.29, 1.82) is 0 Å². The van der Waals surface area contributed by atoms with Crippen LogP contribution in [0, 0.1) is 0 Å². The quantitative estimate of drug-likeness (QED) is 0.180. The molecule has 3 heterocycles. The third-order valence-electron chi connectivity index (χ3n) is 9.25. The number of aromatic nitrogens is 3. The average molecular weight is 645 g/mol. The minimum Gasteiger partial charge on any atom is -0.436 e. The summed E-state index contributed by atoms with van der Waals surface area (Å²) in [7, 11) is 0. The molecular weight excluding hydrogens is 617 g/mol. The van der Waals surface area contributed by atoms with E-state index in [-0.39, 0.29) is 0 Å². The van der Waals surface area contributed by atoms with Gasteiger partial charge >= 0.3 is 6.01 Å². The SMILES string of the molecule is c1ccc(-c2ccc3c(c2)c2ccccc2n3-c2nc3ccc(-c4nc5ccc(N(c6ccccc6)c6ccccc6)cc5o4)cc3o2)cc1. The van der Waals surface area contributed by atoms with Gasteiger partial charge in [0.25, 0.3) is 0 Å². The van der Waals surface area contributed by atoms with Gasteiger partial charge < -0.3 is 13.7 Å². The van der Waals surface area contributed by atoms with Crippen molar-refractivity contribution in [3.8, 4) is 28.6 Å². The maximum Gasteiger partial charge on any atom is 0.307 e. The van der Waals surface area contributed by atoms with Crippen molar-refractivity contribution in [3.05, 3.63) is 170 Å². The number of fused-ring (bicyclic) bond motifs is 5. The molecule has 50 heavy (non-hydrogen) atoms. The van der Waals surface area contributed by atoms with E-state index in [9.17, 15) is 0 Å². The summed E-state index contributed by atoms with van der Waals surface area (Å²) >= 11 is 0. The van der Waals surface area contributed by atoms with Gasteiger partial charge in [-0.15, -0.1) is 0 Å². The van der Waals surface area contributed by atoms with Gasteiger partial charge in [0.2, 0.25) is 5.89 Å². The van der Waals surface area contributed by atoms with Crippen LogP contribution < -0.4 is 4.90 Å². The molecule has 10 rings (SSSR count). The molecule has 0 N–H and O–H groups in total. The van der Waals surface area contributed by atoms with Gasteiger partial charge in [0.05, 0.1) is 11.0 Å². The van der Waals surface area contributed by atoms with E-state index in [1.807, 2.05) is 78.9 Å². The van der Waals surface area contributed by atoms with Gasteiger partial charge in [-0.1, -0.05) is 91.0 Å². The third kappa shape index (κ3) is 4.65. The molecule has 0 aliphatic carbocycles. The summed E-state index contributed by atoms with van der Waals surface area (Å²) in [6.07, 6.45) is 0. The predicted molar refractivity (Wildman–Crippen MR) is 201 cm³/mol. The molecule has 7 aromatic carbocycles. The highest BCUT2D eigenvalue weighted by molar-refractivity contribution is 6.10. The standard InChI is InChI=1S/C44H28N4O2/c1-4-12-29(13-5-1)30-21-25-40-36(26-30)35-18-10-11-19-39(35)48(40)44-46-38-23-20-31(27-41(38)50-44)43-45-37-24-22-34(28-42(37)49-43)47(32-14-6-2-7-15-32)33-16-8-3-9-17-33/h1-28H. The Morgan fingerprint density at radius 1 is 0.420 bits per heavy atom. The molecule has 0 amide bonds. The second-order valence-electron chi connectivity index (χ2n) is 12.3. The fourth-order valence-electron chi connectivity index (χ4n) is 6.91. The first-order chi connectivity index (χ1) is 24.8. The van der Waals surface area contributed by atoms with Crippen LogP contribution in [0.2, 0.25) is 0 Å². The van der Waals surface area contributed by atoms with Crippen molar-refractivity contribution in [2.24, 2.45) is 0 Å². The Morgan fingerprint density at radius 2 is 1.04 bits per heavy atom. The van der Waals surface area contributed by atoms with E-state index in [0.717, 1.165) is 55.5 Å². The molecule has 0 aliphatic heterocycles. The monoisotopic (exact) mass is 644 g/mol. The molecule has 0 unspecified atom stereocenters. The zero-order chi connectivity index (χ0) is 33.0. The maximum atomic E-state index is 6.50. The number of nitrogens with zero attached hydrogens (tertiary/aromatic N) is 4.